The highest BCUT2D eigenvalue weighted by atomic mass is 19.2. The largest absolute Gasteiger partial charge is 0.505 e. The Balaban J connectivity index is 2.31. The molecule has 0 aliphatic carbocycles. The normalized spacial score (nSPS) is 21.6. The molecule has 0 saturated carbocycles. The van der Waals surface area contributed by atoms with Crippen LogP contribution in [0.15, 0.2) is 12.1 Å². The van der Waals surface area contributed by atoms with Crippen molar-refractivity contribution in [2.75, 3.05) is 19.8 Å². The van der Waals surface area contributed by atoms with E-state index in [1.165, 1.54) is 6.07 Å². The maximum atomic E-state index is 13.1. The van der Waals surface area contributed by atoms with Crippen LogP contribution in [-0.4, -0.2) is 24.9 Å². The molecule has 0 aromatic heterocycles. The van der Waals surface area contributed by atoms with Crippen LogP contribution in [0.3, 0.4) is 0 Å². The van der Waals surface area contributed by atoms with Gasteiger partial charge in [-0.1, -0.05) is 6.07 Å². The Bertz CT molecular complexity index is 365. The Kier molecular flexibility index (Phi) is 2.83. The average Bonchev–Trinajstić information content (AvgIpc) is 2.27. The molecule has 15 heavy (non-hydrogen) atoms. The quantitative estimate of drug-likeness (QED) is 0.742. The van der Waals surface area contributed by atoms with Crippen LogP contribution in [0.25, 0.3) is 0 Å². The van der Waals surface area contributed by atoms with E-state index in [0.29, 0.717) is 25.3 Å². The number of aromatic hydroxyl groups is 1. The van der Waals surface area contributed by atoms with Crippen LogP contribution < -0.4 is 5.32 Å². The molecule has 0 radical (unpaired) electrons. The van der Waals surface area contributed by atoms with E-state index in [4.69, 9.17) is 4.74 Å². The number of halogens is 2. The smallest absolute Gasteiger partial charge is 0.200 e. The third-order valence-corrected chi connectivity index (χ3v) is 2.40. The molecule has 2 rings (SSSR count). The van der Waals surface area contributed by atoms with Gasteiger partial charge in [0, 0.05) is 12.1 Å². The summed E-state index contributed by atoms with van der Waals surface area (Å²) in [6.45, 7) is 1.56. The standard InChI is InChI=1S/C10H11F2NO2/c11-7-2-1-6(10(14)9(7)12)8-5-15-4-3-13-8/h1-2,8,13-14H,3-5H2. The van der Waals surface area contributed by atoms with Gasteiger partial charge in [0.05, 0.1) is 19.3 Å². The first kappa shape index (κ1) is 10.3. The minimum Gasteiger partial charge on any atom is -0.505 e. The number of benzene rings is 1. The summed E-state index contributed by atoms with van der Waals surface area (Å²) in [6.07, 6.45) is 0. The molecular weight excluding hydrogens is 204 g/mol. The van der Waals surface area contributed by atoms with E-state index in [-0.39, 0.29) is 6.04 Å². The molecule has 1 aromatic rings. The van der Waals surface area contributed by atoms with E-state index in [2.05, 4.69) is 5.32 Å². The second-order valence-electron chi connectivity index (χ2n) is 3.38. The number of hydrogen-bond acceptors (Lipinski definition) is 3. The molecule has 1 saturated heterocycles. The number of phenols is 1. The van der Waals surface area contributed by atoms with Gasteiger partial charge in [-0.2, -0.15) is 4.39 Å². The first-order valence-corrected chi connectivity index (χ1v) is 4.68. The number of ether oxygens (including phenoxy) is 1. The molecule has 0 bridgehead atoms. The second-order valence-corrected chi connectivity index (χ2v) is 3.38. The van der Waals surface area contributed by atoms with Crippen LogP contribution in [-0.2, 0) is 4.74 Å². The van der Waals surface area contributed by atoms with Gasteiger partial charge in [-0.15, -0.1) is 0 Å². The van der Waals surface area contributed by atoms with Crippen molar-refractivity contribution in [1.82, 2.24) is 5.32 Å². The molecule has 0 amide bonds. The lowest BCUT2D eigenvalue weighted by molar-refractivity contribution is 0.0758. The molecule has 3 nitrogen and oxygen atoms in total. The molecule has 0 spiro atoms. The number of morpholine rings is 1. The van der Waals surface area contributed by atoms with Crippen LogP contribution in [0.5, 0.6) is 5.75 Å². The molecule has 2 N–H and O–H groups in total. The van der Waals surface area contributed by atoms with E-state index in [1.54, 1.807) is 0 Å². The van der Waals surface area contributed by atoms with Gasteiger partial charge < -0.3 is 15.2 Å². The first-order chi connectivity index (χ1) is 7.20. The number of phenolic OH excluding ortho intramolecular Hbond substituents is 1. The Labute approximate surface area is 85.7 Å². The van der Waals surface area contributed by atoms with E-state index in [0.717, 1.165) is 6.07 Å². The summed E-state index contributed by atoms with van der Waals surface area (Å²) in [5.41, 5.74) is 0.327. The zero-order valence-electron chi connectivity index (χ0n) is 7.96. The molecule has 1 aliphatic rings. The van der Waals surface area contributed by atoms with Gasteiger partial charge in [-0.25, -0.2) is 4.39 Å². The van der Waals surface area contributed by atoms with Gasteiger partial charge in [-0.3, -0.25) is 0 Å². The highest BCUT2D eigenvalue weighted by molar-refractivity contribution is 5.37. The predicted molar refractivity (Wildman–Crippen MR) is 49.6 cm³/mol. The van der Waals surface area contributed by atoms with Crippen molar-refractivity contribution in [3.8, 4) is 5.75 Å². The van der Waals surface area contributed by atoms with E-state index >= 15 is 0 Å². The summed E-state index contributed by atoms with van der Waals surface area (Å²) < 4.78 is 31.0. The summed E-state index contributed by atoms with van der Waals surface area (Å²) >= 11 is 0. The van der Waals surface area contributed by atoms with Crippen LogP contribution in [0, 0.1) is 11.6 Å². The minimum absolute atomic E-state index is 0.283. The van der Waals surface area contributed by atoms with Crippen molar-refractivity contribution in [2.24, 2.45) is 0 Å². The van der Waals surface area contributed by atoms with Crippen LogP contribution in [0.1, 0.15) is 11.6 Å². The van der Waals surface area contributed by atoms with E-state index in [9.17, 15) is 13.9 Å². The molecule has 1 unspecified atom stereocenters. The van der Waals surface area contributed by atoms with Crippen molar-refractivity contribution in [2.45, 2.75) is 6.04 Å². The highest BCUT2D eigenvalue weighted by Gasteiger charge is 2.21. The van der Waals surface area contributed by atoms with Crippen molar-refractivity contribution < 1.29 is 18.6 Å². The predicted octanol–water partition coefficient (Wildman–Crippen LogP) is 1.33. The number of hydrogen-bond donors (Lipinski definition) is 2. The topological polar surface area (TPSA) is 41.5 Å². The first-order valence-electron chi connectivity index (χ1n) is 4.68. The Morgan fingerprint density at radius 1 is 1.40 bits per heavy atom. The van der Waals surface area contributed by atoms with Gasteiger partial charge in [-0.05, 0) is 6.07 Å². The summed E-state index contributed by atoms with van der Waals surface area (Å²) in [6, 6.07) is 2.08. The zero-order chi connectivity index (χ0) is 10.8. The third-order valence-electron chi connectivity index (χ3n) is 2.40. The molecule has 82 valence electrons. The van der Waals surface area contributed by atoms with Gasteiger partial charge in [0.15, 0.2) is 11.6 Å². The average molecular weight is 215 g/mol. The van der Waals surface area contributed by atoms with E-state index < -0.39 is 17.4 Å². The maximum Gasteiger partial charge on any atom is 0.200 e. The molecular formula is C10H11F2NO2. The van der Waals surface area contributed by atoms with Crippen LogP contribution >= 0.6 is 0 Å². The number of rotatable bonds is 1. The van der Waals surface area contributed by atoms with E-state index in [1.807, 2.05) is 0 Å². The van der Waals surface area contributed by atoms with Gasteiger partial charge in [0.25, 0.3) is 0 Å². The highest BCUT2D eigenvalue weighted by Crippen LogP contribution is 2.29. The van der Waals surface area contributed by atoms with Crippen LogP contribution in [0.4, 0.5) is 8.78 Å². The molecule has 1 aliphatic heterocycles. The third kappa shape index (κ3) is 1.93. The Morgan fingerprint density at radius 3 is 2.87 bits per heavy atom. The molecule has 1 aromatic carbocycles. The monoisotopic (exact) mass is 215 g/mol. The SMILES string of the molecule is Oc1c(C2COCCN2)ccc(F)c1F. The van der Waals surface area contributed by atoms with Crippen molar-refractivity contribution >= 4 is 0 Å². The van der Waals surface area contributed by atoms with Crippen molar-refractivity contribution in [3.05, 3.63) is 29.3 Å². The molecule has 1 fully saturated rings. The lowest BCUT2D eigenvalue weighted by atomic mass is 10.1. The minimum atomic E-state index is -1.21. The van der Waals surface area contributed by atoms with Gasteiger partial charge >= 0.3 is 0 Å². The second kappa shape index (κ2) is 4.12. The Hall–Kier alpha value is -1.20. The zero-order valence-corrected chi connectivity index (χ0v) is 7.96. The molecule has 1 heterocycles. The fraction of sp³-hybridized carbons (Fsp3) is 0.400. The lowest BCUT2D eigenvalue weighted by Gasteiger charge is -2.24. The fourth-order valence-corrected chi connectivity index (χ4v) is 1.60. The maximum absolute atomic E-state index is 13.1. The molecule has 1 atom stereocenters. The fourth-order valence-electron chi connectivity index (χ4n) is 1.60. The van der Waals surface area contributed by atoms with Crippen molar-refractivity contribution in [3.63, 3.8) is 0 Å². The van der Waals surface area contributed by atoms with Gasteiger partial charge in [0.2, 0.25) is 5.82 Å². The lowest BCUT2D eigenvalue weighted by Crippen LogP contribution is -2.34. The summed E-state index contributed by atoms with van der Waals surface area (Å²) in [4.78, 5) is 0. The van der Waals surface area contributed by atoms with Crippen molar-refractivity contribution in [1.29, 1.82) is 0 Å². The molecule has 5 heteroatoms. The Morgan fingerprint density at radius 2 is 2.20 bits per heavy atom. The van der Waals surface area contributed by atoms with Crippen LogP contribution in [0.2, 0.25) is 0 Å². The van der Waals surface area contributed by atoms with Gasteiger partial charge in [0.1, 0.15) is 0 Å². The summed E-state index contributed by atoms with van der Waals surface area (Å²) in [5, 5.41) is 12.5. The summed E-state index contributed by atoms with van der Waals surface area (Å²) in [5.74, 6) is -2.90. The number of nitrogens with one attached hydrogen (secondary N) is 1. The summed E-state index contributed by atoms with van der Waals surface area (Å²) in [7, 11) is 0.